The SMILES string of the molecule is C/C=C1/CCC2C3C(CC[C@]12C)[C@@]1(C)CC[C@H](N)CC1[C@@H](O)[C@@H]3O.C=C1CCC2C3C(CC[C@]12C)[C@@]1(C)CC[C@H](N)CC1[C@@H](O)[C@@H]3O.CC(C)=C1CCC2C3C(CC[C@]12C)[C@@]1(C)CC[C@@H](N)CC1[C@@H](O)[C@@H]3O.CC1(C)CCC2=C1CCC1C2[C@@H](O)[C@H](O)C2C[C@@H](N)CC[C@]12C.CC[C@H]1CCC2C3C(CC[C@@]21C)[C@@]1(C)CC[C@@H](N)CC1[C@@H](O)[C@@H]3O.CC[C@]1(C)CCC2=C1CCC1C2[C@@H](O)[C@H](O)C2C[C@@H](N)CC[C@]12C. The average molecular weight is 1990 g/mol. The van der Waals surface area contributed by atoms with Crippen LogP contribution in [0.15, 0.2) is 57.2 Å². The molecule has 0 aromatic rings. The molecule has 20 fully saturated rings. The molecule has 18 nitrogen and oxygen atoms in total. The Balaban J connectivity index is 0.000000109. The summed E-state index contributed by atoms with van der Waals surface area (Å²) in [5.74, 6) is 8.60. The maximum atomic E-state index is 11.2. The summed E-state index contributed by atoms with van der Waals surface area (Å²) in [5, 5.41) is 132. The fraction of sp³-hybridized carbons (Fsp3) is 0.920. The van der Waals surface area contributed by atoms with E-state index in [2.05, 4.69) is 137 Å². The fourth-order valence-electron chi connectivity index (χ4n) is 44.7. The molecular formula is C125H210N6O12. The van der Waals surface area contributed by atoms with E-state index in [-0.39, 0.29) is 155 Å². The lowest BCUT2D eigenvalue weighted by Gasteiger charge is -2.63. The van der Waals surface area contributed by atoms with Crippen molar-refractivity contribution in [2.45, 2.75) is 517 Å². The molecule has 0 amide bonds. The van der Waals surface area contributed by atoms with Crippen molar-refractivity contribution in [1.29, 1.82) is 0 Å². The van der Waals surface area contributed by atoms with Crippen LogP contribution in [0.2, 0.25) is 0 Å². The minimum atomic E-state index is -0.608. The molecule has 812 valence electrons. The lowest BCUT2D eigenvalue weighted by Crippen LogP contribution is -2.64. The molecule has 18 heteroatoms. The third kappa shape index (κ3) is 17.1. The molecule has 0 spiro atoms. The Kier molecular flexibility index (Phi) is 30.1. The van der Waals surface area contributed by atoms with Crippen LogP contribution in [0.4, 0.5) is 0 Å². The van der Waals surface area contributed by atoms with Crippen LogP contribution in [-0.4, -0.2) is 171 Å². The van der Waals surface area contributed by atoms with Gasteiger partial charge in [-0.3, -0.25) is 0 Å². The molecule has 143 heavy (non-hydrogen) atoms. The van der Waals surface area contributed by atoms with Gasteiger partial charge >= 0.3 is 0 Å². The summed E-state index contributed by atoms with van der Waals surface area (Å²) in [4.78, 5) is 0. The van der Waals surface area contributed by atoms with Crippen molar-refractivity contribution in [2.75, 3.05) is 0 Å². The van der Waals surface area contributed by atoms with Crippen molar-refractivity contribution in [3.05, 3.63) is 57.2 Å². The number of fused-ring (bicyclic) bond motifs is 28. The molecule has 0 radical (unpaired) electrons. The zero-order chi connectivity index (χ0) is 103. The number of nitrogens with two attached hydrogens (primary N) is 6. The van der Waals surface area contributed by atoms with E-state index in [9.17, 15) is 61.3 Å². The van der Waals surface area contributed by atoms with Gasteiger partial charge in [0, 0.05) is 48.1 Å². The molecule has 24 aliphatic rings. The number of hydrogen-bond acceptors (Lipinski definition) is 18. The summed E-state index contributed by atoms with van der Waals surface area (Å²) in [5.41, 5.74) is 52.2. The Hall–Kier alpha value is -2.02. The van der Waals surface area contributed by atoms with Crippen LogP contribution in [0.25, 0.3) is 0 Å². The van der Waals surface area contributed by atoms with Crippen LogP contribution in [0.5, 0.6) is 0 Å². The minimum absolute atomic E-state index is 0.142. The van der Waals surface area contributed by atoms with Gasteiger partial charge in [0.05, 0.1) is 73.2 Å². The van der Waals surface area contributed by atoms with E-state index in [0.717, 1.165) is 147 Å². The van der Waals surface area contributed by atoms with E-state index >= 15 is 0 Å². The molecule has 0 aromatic carbocycles. The number of hydrogen-bond donors (Lipinski definition) is 18. The highest BCUT2D eigenvalue weighted by Gasteiger charge is 2.72. The second-order valence-corrected chi connectivity index (χ2v) is 59.2. The molecular weight excluding hydrogens is 1780 g/mol. The first-order valence-electron chi connectivity index (χ1n) is 60.4. The molecule has 22 unspecified atom stereocenters. The van der Waals surface area contributed by atoms with Gasteiger partial charge < -0.3 is 95.7 Å². The number of rotatable bonds is 2. The van der Waals surface area contributed by atoms with E-state index in [4.69, 9.17) is 34.4 Å². The first-order valence-corrected chi connectivity index (χ1v) is 60.4. The normalized spacial score (nSPS) is 56.6. The molecule has 24 N–H and O–H groups in total. The van der Waals surface area contributed by atoms with Crippen LogP contribution in [0.1, 0.15) is 407 Å². The highest BCUT2D eigenvalue weighted by Crippen LogP contribution is 2.75. The van der Waals surface area contributed by atoms with E-state index in [1.807, 2.05) is 0 Å². The Labute approximate surface area is 865 Å². The average Bonchev–Trinajstić information content (AvgIpc) is 1.69. The van der Waals surface area contributed by atoms with Gasteiger partial charge in [-0.15, -0.1) is 0 Å². The van der Waals surface area contributed by atoms with Crippen molar-refractivity contribution in [3.63, 3.8) is 0 Å². The summed E-state index contributed by atoms with van der Waals surface area (Å²) in [6.07, 6.45) is 44.8. The number of aliphatic hydroxyl groups is 12. The highest BCUT2D eigenvalue weighted by atomic mass is 16.4. The van der Waals surface area contributed by atoms with Gasteiger partial charge in [0.25, 0.3) is 0 Å². The van der Waals surface area contributed by atoms with E-state index in [1.165, 1.54) is 164 Å². The summed E-state index contributed by atoms with van der Waals surface area (Å²) in [7, 11) is 0. The number of aliphatic hydroxyl groups excluding tert-OH is 12. The Morgan fingerprint density at radius 2 is 0.587 bits per heavy atom. The Morgan fingerprint density at radius 3 is 0.972 bits per heavy atom. The van der Waals surface area contributed by atoms with Crippen molar-refractivity contribution in [3.8, 4) is 0 Å². The second kappa shape index (κ2) is 39.4. The molecule has 0 saturated heterocycles. The van der Waals surface area contributed by atoms with Crippen LogP contribution in [0.3, 0.4) is 0 Å². The van der Waals surface area contributed by atoms with Crippen LogP contribution in [-0.2, 0) is 0 Å². The standard InChI is InChI=1S/C22H37NO2.C21H35NO2.C21H37NO2.C21H35NO2.2C20H33NO2/c1-12(2)14-5-6-15-18-16(8-10-21(14,15)3)22(4)9-7-13(23)11-17(22)19(24)20(18)25;1-4-20(2)9-8-13-14(20)5-6-15-17(13)19(24)18(23)16-11-12(22)7-10-21(15,16)3;2*1-4-12-5-6-14-17-15(8-10-20(12,14)2)21(3)9-7-13(22)11-16(21)18(23)19(17)24;1-19(2)8-7-12-13(19)4-5-14-16(12)18(23)17(22)15-10-11(21)6-9-20(14,15)3;1-11-4-5-13-16-14(7-9-19(11,13)2)20(3)8-6-12(21)10-15(20)17(22)18(16)23/h13,15-20,24-25H,5-11,23H2,1-4H3;12,15-19,23-24H,4-11,22H2,1-3H3;12-19,23-24H,4-11,22H2,1-3H3;4,13-19,23-24H,5-11,22H2,1-3H3;11,14-18,22-23H,4-10,21H2,1-3H3;12-18,22-23H,1,4-10,21H2,2-3H3/b;;;12-4-;;/t13-,15?,16?,17?,18?,19-,20-,21-,22-;12-,15?,16?,17?,18+,19+,20+,21+;12-,13+,14?,15?,16?,17?,18+,19+,20+,21+;13-,14?,15?,16?,17?,18+,19+,20+,21+;11-,14?,15?,16?,17+,18+,20+;12-,13?,14?,15?,16?,17+,18+,19+,20+/m100000/s1. The maximum Gasteiger partial charge on any atom is 0.0870 e. The molecule has 0 aromatic heterocycles. The summed E-state index contributed by atoms with van der Waals surface area (Å²) >= 11 is 0. The van der Waals surface area contributed by atoms with Crippen LogP contribution >= 0.6 is 0 Å². The van der Waals surface area contributed by atoms with Gasteiger partial charge in [-0.1, -0.05) is 168 Å². The van der Waals surface area contributed by atoms with E-state index in [0.29, 0.717) is 75.9 Å². The predicted molar refractivity (Wildman–Crippen MR) is 573 cm³/mol. The smallest absolute Gasteiger partial charge is 0.0870 e. The molecule has 24 rings (SSSR count). The highest BCUT2D eigenvalue weighted by molar-refractivity contribution is 5.38. The van der Waals surface area contributed by atoms with E-state index in [1.54, 1.807) is 22.3 Å². The van der Waals surface area contributed by atoms with Crippen molar-refractivity contribution in [2.24, 2.45) is 235 Å². The molecule has 24 aliphatic carbocycles. The van der Waals surface area contributed by atoms with Gasteiger partial charge in [0.2, 0.25) is 0 Å². The largest absolute Gasteiger partial charge is 0.390 e. The first kappa shape index (κ1) is 109. The monoisotopic (exact) mass is 1990 g/mol. The minimum Gasteiger partial charge on any atom is -0.390 e. The lowest BCUT2D eigenvalue weighted by atomic mass is 9.43. The van der Waals surface area contributed by atoms with Gasteiger partial charge in [-0.2, -0.15) is 0 Å². The van der Waals surface area contributed by atoms with Crippen LogP contribution < -0.4 is 34.4 Å². The van der Waals surface area contributed by atoms with Gasteiger partial charge in [0.1, 0.15) is 0 Å². The van der Waals surface area contributed by atoms with Crippen molar-refractivity contribution in [1.82, 2.24) is 0 Å². The zero-order valence-corrected chi connectivity index (χ0v) is 92.9. The predicted octanol–water partition coefficient (Wildman–Crippen LogP) is 19.4. The first-order chi connectivity index (χ1) is 67.2. The zero-order valence-electron chi connectivity index (χ0n) is 92.9. The number of allylic oxidation sites excluding steroid dienone is 7. The molecule has 20 saturated carbocycles. The Morgan fingerprint density at radius 1 is 0.287 bits per heavy atom. The summed E-state index contributed by atoms with van der Waals surface area (Å²) in [6.45, 7) is 46.8. The maximum absolute atomic E-state index is 11.2. The fourth-order valence-corrected chi connectivity index (χ4v) is 44.7. The third-order valence-corrected chi connectivity index (χ3v) is 53.4. The molecule has 52 atom stereocenters. The van der Waals surface area contributed by atoms with Gasteiger partial charge in [-0.25, -0.2) is 0 Å². The van der Waals surface area contributed by atoms with Crippen LogP contribution in [0, 0.1) is 201 Å². The Bertz CT molecular complexity index is 4720. The molecule has 0 bridgehead atoms. The van der Waals surface area contributed by atoms with Crippen molar-refractivity contribution >= 4 is 0 Å². The molecule has 0 aliphatic heterocycles. The van der Waals surface area contributed by atoms with E-state index < -0.39 is 73.2 Å². The second-order valence-electron chi connectivity index (χ2n) is 59.2. The van der Waals surface area contributed by atoms with Gasteiger partial charge in [-0.05, 0) is 486 Å². The summed E-state index contributed by atoms with van der Waals surface area (Å²) < 4.78 is 0. The quantitative estimate of drug-likeness (QED) is 0.114. The van der Waals surface area contributed by atoms with Crippen molar-refractivity contribution < 1.29 is 61.3 Å². The lowest BCUT2D eigenvalue weighted by molar-refractivity contribution is -0.215. The summed E-state index contributed by atoms with van der Waals surface area (Å²) in [6, 6.07) is 1.15. The topological polar surface area (TPSA) is 399 Å². The molecule has 0 heterocycles. The van der Waals surface area contributed by atoms with Gasteiger partial charge in [0.15, 0.2) is 0 Å². The third-order valence-electron chi connectivity index (χ3n) is 53.4.